The Morgan fingerprint density at radius 2 is 1.89 bits per heavy atom. The summed E-state index contributed by atoms with van der Waals surface area (Å²) in [5.41, 5.74) is 5.38. The van der Waals surface area contributed by atoms with Gasteiger partial charge in [-0.2, -0.15) is 5.10 Å². The molecule has 0 spiro atoms. The van der Waals surface area contributed by atoms with Crippen molar-refractivity contribution in [1.29, 1.82) is 0 Å². The van der Waals surface area contributed by atoms with Crippen LogP contribution in [0, 0.1) is 5.92 Å². The molecule has 198 valence electrons. The van der Waals surface area contributed by atoms with Crippen LogP contribution in [0.15, 0.2) is 42.6 Å². The lowest BCUT2D eigenvalue weighted by molar-refractivity contribution is -0.142. The Labute approximate surface area is 221 Å². The number of benzene rings is 2. The van der Waals surface area contributed by atoms with Gasteiger partial charge in [-0.15, -0.1) is 0 Å². The molecule has 1 saturated carbocycles. The summed E-state index contributed by atoms with van der Waals surface area (Å²) in [6, 6.07) is 12.6. The molecule has 9 heteroatoms. The molecule has 1 fully saturated rings. The van der Waals surface area contributed by atoms with Gasteiger partial charge in [0.05, 0.1) is 54.9 Å². The molecule has 0 saturated heterocycles. The number of para-hydroxylation sites is 1. The lowest BCUT2D eigenvalue weighted by atomic mass is 9.81. The van der Waals surface area contributed by atoms with E-state index >= 15 is 0 Å². The van der Waals surface area contributed by atoms with Crippen molar-refractivity contribution in [3.8, 4) is 0 Å². The molecule has 1 N–H and O–H groups in total. The molecule has 0 bridgehead atoms. The summed E-state index contributed by atoms with van der Waals surface area (Å²) in [5, 5.41) is 15.3. The average Bonchev–Trinajstić information content (AvgIpc) is 3.54. The van der Waals surface area contributed by atoms with Crippen LogP contribution in [0.3, 0.4) is 0 Å². The first-order chi connectivity index (χ1) is 18.4. The molecule has 1 atom stereocenters. The number of imidazole rings is 1. The fraction of sp³-hybridized carbons (Fsp3) is 0.448. The van der Waals surface area contributed by atoms with E-state index in [1.165, 1.54) is 12.7 Å². The molecular weight excluding hydrogens is 482 g/mol. The molecule has 38 heavy (non-hydrogen) atoms. The molecule has 1 aliphatic heterocycles. The second-order valence-electron chi connectivity index (χ2n) is 10.7. The number of carbonyl (C=O) groups is 2. The van der Waals surface area contributed by atoms with Gasteiger partial charge >= 0.3 is 12.1 Å². The first-order valence-corrected chi connectivity index (χ1v) is 13.4. The summed E-state index contributed by atoms with van der Waals surface area (Å²) in [6.45, 7) is 3.98. The summed E-state index contributed by atoms with van der Waals surface area (Å²) in [5.74, 6) is 0.216. The molecule has 9 nitrogen and oxygen atoms in total. The predicted octanol–water partition coefficient (Wildman–Crippen LogP) is 5.13. The van der Waals surface area contributed by atoms with Crippen molar-refractivity contribution >= 4 is 34.0 Å². The topological polar surface area (TPSA) is 102 Å². The number of aliphatic carboxylic acids is 1. The van der Waals surface area contributed by atoms with E-state index in [2.05, 4.69) is 40.9 Å². The number of aromatic nitrogens is 4. The average molecular weight is 516 g/mol. The summed E-state index contributed by atoms with van der Waals surface area (Å²) < 4.78 is 9.40. The van der Waals surface area contributed by atoms with Crippen molar-refractivity contribution in [1.82, 2.24) is 24.2 Å². The number of carbonyl (C=O) groups excluding carboxylic acids is 1. The van der Waals surface area contributed by atoms with Crippen LogP contribution in [-0.4, -0.2) is 55.1 Å². The highest BCUT2D eigenvalue weighted by molar-refractivity contribution is 5.83. The highest BCUT2D eigenvalue weighted by Gasteiger charge is 2.32. The zero-order valence-corrected chi connectivity index (χ0v) is 21.8. The number of ether oxygens (including phenoxy) is 1. The van der Waals surface area contributed by atoms with Gasteiger partial charge in [0.25, 0.3) is 0 Å². The minimum absolute atomic E-state index is 0.0638. The number of rotatable bonds is 5. The van der Waals surface area contributed by atoms with Gasteiger partial charge in [0.15, 0.2) is 0 Å². The van der Waals surface area contributed by atoms with E-state index in [4.69, 9.17) is 9.72 Å². The lowest BCUT2D eigenvalue weighted by Gasteiger charge is -2.28. The Hall–Kier alpha value is -3.88. The van der Waals surface area contributed by atoms with Crippen molar-refractivity contribution in [3.63, 3.8) is 0 Å². The van der Waals surface area contributed by atoms with Gasteiger partial charge in [0.1, 0.15) is 5.82 Å². The van der Waals surface area contributed by atoms with Crippen molar-refractivity contribution in [2.24, 2.45) is 5.92 Å². The predicted molar refractivity (Wildman–Crippen MR) is 143 cm³/mol. The van der Waals surface area contributed by atoms with E-state index in [1.54, 1.807) is 4.90 Å². The Bertz CT molecular complexity index is 1510. The Kier molecular flexibility index (Phi) is 6.29. The van der Waals surface area contributed by atoms with Gasteiger partial charge in [-0.3, -0.25) is 9.48 Å². The van der Waals surface area contributed by atoms with Crippen LogP contribution in [0.1, 0.15) is 61.5 Å². The number of amides is 1. The van der Waals surface area contributed by atoms with Crippen LogP contribution < -0.4 is 0 Å². The zero-order valence-electron chi connectivity index (χ0n) is 21.8. The standard InChI is InChI=1S/C29H33N5O4/c1-18(16-33-24-6-4-3-5-22(24)15-30-33)34-25-12-11-19-13-14-32(29(37)38-2)17-23(19)26(25)31-27(34)20-7-9-21(10-8-20)28(35)36/h3-6,11-12,15,18,20-21H,7-10,13-14,16-17H2,1-2H3,(H,35,36)/t18-,20?,21?/m1/s1. The van der Waals surface area contributed by atoms with Crippen LogP contribution in [-0.2, 0) is 29.0 Å². The van der Waals surface area contributed by atoms with E-state index in [0.29, 0.717) is 32.5 Å². The molecule has 1 aliphatic carbocycles. The van der Waals surface area contributed by atoms with Gasteiger partial charge in [-0.25, -0.2) is 9.78 Å². The van der Waals surface area contributed by atoms with Crippen LogP contribution in [0.2, 0.25) is 0 Å². The van der Waals surface area contributed by atoms with Crippen molar-refractivity contribution < 1.29 is 19.4 Å². The lowest BCUT2D eigenvalue weighted by Crippen LogP contribution is -2.35. The fourth-order valence-electron chi connectivity index (χ4n) is 6.35. The summed E-state index contributed by atoms with van der Waals surface area (Å²) in [6.07, 6.45) is 5.27. The Morgan fingerprint density at radius 3 is 2.66 bits per heavy atom. The molecule has 2 aliphatic rings. The van der Waals surface area contributed by atoms with Crippen LogP contribution >= 0.6 is 0 Å². The number of fused-ring (bicyclic) bond motifs is 4. The third kappa shape index (κ3) is 4.19. The maximum Gasteiger partial charge on any atom is 0.409 e. The minimum Gasteiger partial charge on any atom is -0.481 e. The fourth-order valence-corrected chi connectivity index (χ4v) is 6.35. The van der Waals surface area contributed by atoms with Crippen molar-refractivity contribution in [2.45, 2.75) is 64.1 Å². The van der Waals surface area contributed by atoms with Crippen LogP contribution in [0.5, 0.6) is 0 Å². The van der Waals surface area contributed by atoms with E-state index in [-0.39, 0.29) is 24.0 Å². The number of carboxylic acid groups (broad SMARTS) is 1. The number of hydrogen-bond acceptors (Lipinski definition) is 5. The number of carboxylic acids is 1. The largest absolute Gasteiger partial charge is 0.481 e. The van der Waals surface area contributed by atoms with E-state index in [9.17, 15) is 14.7 Å². The summed E-state index contributed by atoms with van der Waals surface area (Å²) in [7, 11) is 1.42. The van der Waals surface area contributed by atoms with Gasteiger partial charge in [-0.05, 0) is 56.7 Å². The first-order valence-electron chi connectivity index (χ1n) is 13.4. The van der Waals surface area contributed by atoms with E-state index < -0.39 is 5.97 Å². The third-order valence-corrected chi connectivity index (χ3v) is 8.39. The van der Waals surface area contributed by atoms with Gasteiger partial charge in [-0.1, -0.05) is 24.3 Å². The van der Waals surface area contributed by atoms with Gasteiger partial charge in [0, 0.05) is 23.4 Å². The molecular formula is C29H33N5O4. The number of nitrogens with zero attached hydrogens (tertiary/aromatic N) is 5. The summed E-state index contributed by atoms with van der Waals surface area (Å²) >= 11 is 0. The maximum atomic E-state index is 12.3. The molecule has 4 aromatic rings. The van der Waals surface area contributed by atoms with Gasteiger partial charge < -0.3 is 19.3 Å². The minimum atomic E-state index is -0.701. The summed E-state index contributed by atoms with van der Waals surface area (Å²) in [4.78, 5) is 30.9. The maximum absolute atomic E-state index is 12.3. The van der Waals surface area contributed by atoms with Crippen molar-refractivity contribution in [3.05, 3.63) is 59.5 Å². The molecule has 0 unspecified atom stereocenters. The van der Waals surface area contributed by atoms with Gasteiger partial charge in [0.2, 0.25) is 0 Å². The SMILES string of the molecule is COC(=O)N1CCc2ccc3c(nc(C4CCC(C(=O)O)CC4)n3[C@H](C)Cn3ncc4ccccc43)c2C1. The molecule has 0 radical (unpaired) electrons. The highest BCUT2D eigenvalue weighted by atomic mass is 16.5. The molecule has 1 amide bonds. The second-order valence-corrected chi connectivity index (χ2v) is 10.7. The first kappa shape index (κ1) is 24.5. The third-order valence-electron chi connectivity index (χ3n) is 8.39. The molecule has 3 heterocycles. The molecule has 6 rings (SSSR count). The van der Waals surface area contributed by atoms with Crippen LogP contribution in [0.4, 0.5) is 4.79 Å². The van der Waals surface area contributed by atoms with E-state index in [1.807, 2.05) is 23.0 Å². The Balaban J connectivity index is 1.42. The van der Waals surface area contributed by atoms with Crippen molar-refractivity contribution in [2.75, 3.05) is 13.7 Å². The normalized spacial score (nSPS) is 20.4. The quantitative estimate of drug-likeness (QED) is 0.395. The Morgan fingerprint density at radius 1 is 1.11 bits per heavy atom. The molecule has 2 aromatic carbocycles. The molecule has 2 aromatic heterocycles. The second kappa shape index (κ2) is 9.78. The van der Waals surface area contributed by atoms with E-state index in [0.717, 1.165) is 52.6 Å². The smallest absolute Gasteiger partial charge is 0.409 e. The monoisotopic (exact) mass is 515 g/mol. The number of methoxy groups -OCH3 is 1. The zero-order chi connectivity index (χ0) is 26.4. The van der Waals surface area contributed by atoms with Crippen LogP contribution in [0.25, 0.3) is 21.9 Å². The highest BCUT2D eigenvalue weighted by Crippen LogP contribution is 2.40. The number of hydrogen-bond donors (Lipinski definition) is 1.